The molecule has 3 heterocycles. The maximum Gasteiger partial charge on any atom is 0.321 e. The third-order valence-corrected chi connectivity index (χ3v) is 5.29. The summed E-state index contributed by atoms with van der Waals surface area (Å²) in [5, 5.41) is 11.4. The topological polar surface area (TPSA) is 79.8 Å². The van der Waals surface area contributed by atoms with Gasteiger partial charge in [-0.1, -0.05) is 6.07 Å². The summed E-state index contributed by atoms with van der Waals surface area (Å²) in [5.74, 6) is 1.81. The average Bonchev–Trinajstić information content (AvgIpc) is 3.27. The Balaban J connectivity index is 1.19. The van der Waals surface area contributed by atoms with Crippen molar-refractivity contribution in [2.24, 2.45) is 0 Å². The fourth-order valence-corrected chi connectivity index (χ4v) is 3.61. The largest absolute Gasteiger partial charge is 0.454 e. The van der Waals surface area contributed by atoms with E-state index < -0.39 is 0 Å². The summed E-state index contributed by atoms with van der Waals surface area (Å²) < 4.78 is 24.1. The zero-order valence-electron chi connectivity index (χ0n) is 16.6. The molecule has 1 saturated heterocycles. The number of urea groups is 1. The van der Waals surface area contributed by atoms with E-state index in [9.17, 15) is 9.18 Å². The number of hydrogen-bond donors (Lipinski definition) is 1. The standard InChI is InChI=1S/C22H20FN5O3/c23-16-2-1-3-17(13-16)24-22(29)28-10-8-27(9-11-28)21-7-5-18(25-26-21)15-4-6-19-20(12-15)31-14-30-19/h1-7,12-13H,8-11,14H2,(H,24,29). The Kier molecular flexibility index (Phi) is 4.99. The molecule has 2 aromatic carbocycles. The summed E-state index contributed by atoms with van der Waals surface area (Å²) in [6.07, 6.45) is 0. The van der Waals surface area contributed by atoms with Crippen LogP contribution < -0.4 is 19.7 Å². The number of nitrogens with zero attached hydrogens (tertiary/aromatic N) is 4. The van der Waals surface area contributed by atoms with Crippen molar-refractivity contribution in [1.29, 1.82) is 0 Å². The number of benzene rings is 2. The summed E-state index contributed by atoms with van der Waals surface area (Å²) in [6, 6.07) is 15.1. The number of ether oxygens (including phenoxy) is 2. The second-order valence-corrected chi connectivity index (χ2v) is 7.26. The predicted molar refractivity (Wildman–Crippen MR) is 113 cm³/mol. The van der Waals surface area contributed by atoms with E-state index in [1.807, 2.05) is 30.3 Å². The van der Waals surface area contributed by atoms with Crippen LogP contribution in [0.3, 0.4) is 0 Å². The number of fused-ring (bicyclic) bond motifs is 1. The average molecular weight is 421 g/mol. The minimum Gasteiger partial charge on any atom is -0.454 e. The van der Waals surface area contributed by atoms with Gasteiger partial charge in [-0.3, -0.25) is 0 Å². The number of hydrogen-bond acceptors (Lipinski definition) is 6. The van der Waals surface area contributed by atoms with Crippen LogP contribution in [0.5, 0.6) is 11.5 Å². The molecule has 0 bridgehead atoms. The molecular weight excluding hydrogens is 401 g/mol. The number of nitrogens with one attached hydrogen (secondary N) is 1. The molecule has 0 atom stereocenters. The van der Waals surface area contributed by atoms with Gasteiger partial charge >= 0.3 is 6.03 Å². The second-order valence-electron chi connectivity index (χ2n) is 7.26. The quantitative estimate of drug-likeness (QED) is 0.699. The molecule has 0 unspecified atom stereocenters. The minimum absolute atomic E-state index is 0.232. The molecule has 158 valence electrons. The van der Waals surface area contributed by atoms with Crippen LogP contribution in [0.2, 0.25) is 0 Å². The molecule has 0 spiro atoms. The Morgan fingerprint density at radius 1 is 0.935 bits per heavy atom. The first kappa shape index (κ1) is 19.1. The van der Waals surface area contributed by atoms with Gasteiger partial charge in [0.05, 0.1) is 5.69 Å². The lowest BCUT2D eigenvalue weighted by atomic mass is 10.1. The lowest BCUT2D eigenvalue weighted by Gasteiger charge is -2.35. The number of aromatic nitrogens is 2. The highest BCUT2D eigenvalue weighted by molar-refractivity contribution is 5.89. The van der Waals surface area contributed by atoms with Gasteiger partial charge in [0.1, 0.15) is 5.82 Å². The predicted octanol–water partition coefficient (Wildman–Crippen LogP) is 3.37. The smallest absolute Gasteiger partial charge is 0.321 e. The number of rotatable bonds is 3. The highest BCUT2D eigenvalue weighted by Crippen LogP contribution is 2.35. The highest BCUT2D eigenvalue weighted by Gasteiger charge is 2.22. The summed E-state index contributed by atoms with van der Waals surface area (Å²) in [6.45, 7) is 2.57. The Morgan fingerprint density at radius 3 is 2.55 bits per heavy atom. The number of halogens is 1. The van der Waals surface area contributed by atoms with Gasteiger partial charge in [-0.05, 0) is 48.5 Å². The monoisotopic (exact) mass is 421 g/mol. The van der Waals surface area contributed by atoms with Crippen LogP contribution in [0, 0.1) is 5.82 Å². The van der Waals surface area contributed by atoms with Crippen LogP contribution in [-0.2, 0) is 0 Å². The number of amides is 2. The zero-order chi connectivity index (χ0) is 21.2. The lowest BCUT2D eigenvalue weighted by Crippen LogP contribution is -2.50. The molecule has 1 aromatic heterocycles. The Morgan fingerprint density at radius 2 is 1.77 bits per heavy atom. The minimum atomic E-state index is -0.384. The maximum absolute atomic E-state index is 13.3. The number of carbonyl (C=O) groups excluding carboxylic acids is 1. The summed E-state index contributed by atoms with van der Waals surface area (Å²) >= 11 is 0. The molecule has 3 aromatic rings. The molecule has 2 aliphatic heterocycles. The van der Waals surface area contributed by atoms with E-state index in [0.717, 1.165) is 22.8 Å². The molecule has 0 aliphatic carbocycles. The van der Waals surface area contributed by atoms with E-state index in [4.69, 9.17) is 9.47 Å². The molecule has 1 N–H and O–H groups in total. The SMILES string of the molecule is O=C(Nc1cccc(F)c1)N1CCN(c2ccc(-c3ccc4c(c3)OCO4)nn2)CC1. The van der Waals surface area contributed by atoms with Crippen LogP contribution in [0.1, 0.15) is 0 Å². The first-order valence-electron chi connectivity index (χ1n) is 9.96. The van der Waals surface area contributed by atoms with Crippen molar-refractivity contribution in [2.75, 3.05) is 43.2 Å². The van der Waals surface area contributed by atoms with E-state index in [0.29, 0.717) is 37.6 Å². The second kappa shape index (κ2) is 8.10. The molecule has 2 aliphatic rings. The Hall–Kier alpha value is -3.88. The summed E-state index contributed by atoms with van der Waals surface area (Å²) in [5.41, 5.74) is 2.09. The normalized spacial score (nSPS) is 15.1. The van der Waals surface area contributed by atoms with Crippen LogP contribution in [0.25, 0.3) is 11.3 Å². The van der Waals surface area contributed by atoms with Crippen molar-refractivity contribution in [3.05, 3.63) is 60.4 Å². The van der Waals surface area contributed by atoms with Gasteiger partial charge in [-0.15, -0.1) is 10.2 Å². The van der Waals surface area contributed by atoms with E-state index in [1.54, 1.807) is 17.0 Å². The molecule has 1 fully saturated rings. The van der Waals surface area contributed by atoms with E-state index >= 15 is 0 Å². The van der Waals surface area contributed by atoms with Gasteiger partial charge < -0.3 is 24.6 Å². The first-order chi connectivity index (χ1) is 15.2. The first-order valence-corrected chi connectivity index (χ1v) is 9.96. The fourth-order valence-electron chi connectivity index (χ4n) is 3.61. The van der Waals surface area contributed by atoms with Crippen molar-refractivity contribution >= 4 is 17.5 Å². The third-order valence-electron chi connectivity index (χ3n) is 5.29. The molecule has 2 amide bonds. The number of piperazine rings is 1. The van der Waals surface area contributed by atoms with Crippen molar-refractivity contribution in [3.63, 3.8) is 0 Å². The van der Waals surface area contributed by atoms with Crippen LogP contribution in [0.15, 0.2) is 54.6 Å². The van der Waals surface area contributed by atoms with Gasteiger partial charge in [0.25, 0.3) is 0 Å². The van der Waals surface area contributed by atoms with E-state index in [1.165, 1.54) is 12.1 Å². The van der Waals surface area contributed by atoms with Gasteiger partial charge in [0, 0.05) is 37.4 Å². The highest BCUT2D eigenvalue weighted by atomic mass is 19.1. The third kappa shape index (κ3) is 4.07. The lowest BCUT2D eigenvalue weighted by molar-refractivity contribution is 0.174. The maximum atomic E-state index is 13.3. The van der Waals surface area contributed by atoms with Crippen molar-refractivity contribution in [1.82, 2.24) is 15.1 Å². The fraction of sp³-hybridized carbons (Fsp3) is 0.227. The number of anilines is 2. The molecule has 8 nitrogen and oxygen atoms in total. The van der Waals surface area contributed by atoms with Crippen LogP contribution >= 0.6 is 0 Å². The molecule has 9 heteroatoms. The van der Waals surface area contributed by atoms with Crippen molar-refractivity contribution < 1.29 is 18.7 Å². The van der Waals surface area contributed by atoms with Gasteiger partial charge in [0.15, 0.2) is 17.3 Å². The molecule has 0 radical (unpaired) electrons. The Labute approximate surface area is 178 Å². The number of carbonyl (C=O) groups is 1. The van der Waals surface area contributed by atoms with Gasteiger partial charge in [-0.25, -0.2) is 9.18 Å². The van der Waals surface area contributed by atoms with Gasteiger partial charge in [0.2, 0.25) is 6.79 Å². The van der Waals surface area contributed by atoms with E-state index in [-0.39, 0.29) is 18.6 Å². The van der Waals surface area contributed by atoms with Crippen LogP contribution in [0.4, 0.5) is 20.7 Å². The van der Waals surface area contributed by atoms with E-state index in [2.05, 4.69) is 20.4 Å². The summed E-state index contributed by atoms with van der Waals surface area (Å²) in [7, 11) is 0. The van der Waals surface area contributed by atoms with Crippen molar-refractivity contribution in [2.45, 2.75) is 0 Å². The van der Waals surface area contributed by atoms with Crippen molar-refractivity contribution in [3.8, 4) is 22.8 Å². The van der Waals surface area contributed by atoms with Crippen LogP contribution in [-0.4, -0.2) is 54.1 Å². The molecule has 5 rings (SSSR count). The molecule has 31 heavy (non-hydrogen) atoms. The summed E-state index contributed by atoms with van der Waals surface area (Å²) in [4.78, 5) is 16.2. The van der Waals surface area contributed by atoms with Gasteiger partial charge in [-0.2, -0.15) is 0 Å². The zero-order valence-corrected chi connectivity index (χ0v) is 16.6. The Bertz CT molecular complexity index is 1100. The molecular formula is C22H20FN5O3. The molecule has 0 saturated carbocycles.